The summed E-state index contributed by atoms with van der Waals surface area (Å²) >= 11 is 0. The summed E-state index contributed by atoms with van der Waals surface area (Å²) in [5.74, 6) is 0. The zero-order chi connectivity index (χ0) is 17.4. The van der Waals surface area contributed by atoms with Crippen LogP contribution in [-0.4, -0.2) is 26.6 Å². The lowest BCUT2D eigenvalue weighted by atomic mass is 9.67. The summed E-state index contributed by atoms with van der Waals surface area (Å²) in [6.45, 7) is 12.4. The Kier molecular flexibility index (Phi) is 5.84. The molecule has 0 saturated heterocycles. The van der Waals surface area contributed by atoms with Gasteiger partial charge in [0.1, 0.15) is 0 Å². The number of rotatable bonds is 4. The van der Waals surface area contributed by atoms with Gasteiger partial charge in [0.15, 0.2) is 8.32 Å². The third-order valence-electron chi connectivity index (χ3n) is 5.73. The molecule has 0 radical (unpaired) electrons. The Balaban J connectivity index is 2.80. The first-order valence-corrected chi connectivity index (χ1v) is 11.1. The molecule has 0 aliphatic heterocycles. The molecular weight excluding hydrogens is 307 g/mol. The van der Waals surface area contributed by atoms with E-state index in [2.05, 4.69) is 33.9 Å². The molecule has 0 spiro atoms. The van der Waals surface area contributed by atoms with E-state index in [4.69, 9.17) is 10.2 Å². The number of halogens is 3. The smallest absolute Gasteiger partial charge is 0.393 e. The molecule has 132 valence electrons. The molecule has 1 N–H and O–H groups in total. The van der Waals surface area contributed by atoms with E-state index in [9.17, 15) is 13.2 Å². The minimum absolute atomic E-state index is 0.0256. The highest BCUT2D eigenvalue weighted by Gasteiger charge is 2.56. The van der Waals surface area contributed by atoms with Gasteiger partial charge < -0.3 is 10.2 Å². The van der Waals surface area contributed by atoms with Gasteiger partial charge in [0.05, 0.1) is 5.41 Å². The summed E-state index contributed by atoms with van der Waals surface area (Å²) in [6, 6.07) is -1.07. The topological polar surface area (TPSA) is 33.0 Å². The molecule has 1 aliphatic rings. The third-order valence-corrected chi connectivity index (χ3v) is 10.3. The Hall–Kier alpha value is -0.0731. The lowest BCUT2D eigenvalue weighted by Crippen LogP contribution is -2.51. The quantitative estimate of drug-likeness (QED) is 0.551. The molecule has 1 fully saturated rings. The Morgan fingerprint density at radius 2 is 1.64 bits per heavy atom. The van der Waals surface area contributed by atoms with Crippen molar-refractivity contribution < 1.29 is 17.6 Å². The van der Waals surface area contributed by atoms with Crippen LogP contribution in [0.25, 0.3) is 5.73 Å². The molecule has 1 saturated carbocycles. The minimum Gasteiger partial charge on any atom is -0.674 e. The summed E-state index contributed by atoms with van der Waals surface area (Å²) in [7, 11) is -1.95. The van der Waals surface area contributed by atoms with Crippen LogP contribution in [0.5, 0.6) is 0 Å². The first kappa shape index (κ1) is 20.0. The molecular formula is C16H31F3NOSi-. The van der Waals surface area contributed by atoms with Gasteiger partial charge in [0, 0.05) is 6.10 Å². The summed E-state index contributed by atoms with van der Waals surface area (Å²) in [6.07, 6.45) is -3.25. The Morgan fingerprint density at radius 3 is 1.95 bits per heavy atom. The highest BCUT2D eigenvalue weighted by molar-refractivity contribution is 6.74. The monoisotopic (exact) mass is 338 g/mol. The average Bonchev–Trinajstić information content (AvgIpc) is 2.35. The summed E-state index contributed by atoms with van der Waals surface area (Å²) in [5, 5.41) is 0.0624. The van der Waals surface area contributed by atoms with Gasteiger partial charge in [-0.25, -0.2) is 0 Å². The molecule has 6 heteroatoms. The lowest BCUT2D eigenvalue weighted by Gasteiger charge is -2.50. The molecule has 0 aromatic carbocycles. The highest BCUT2D eigenvalue weighted by Crippen LogP contribution is 2.53. The maximum Gasteiger partial charge on any atom is 0.393 e. The maximum absolute atomic E-state index is 13.5. The van der Waals surface area contributed by atoms with Crippen molar-refractivity contribution in [3.8, 4) is 0 Å². The molecule has 1 aliphatic carbocycles. The van der Waals surface area contributed by atoms with Gasteiger partial charge >= 0.3 is 6.18 Å². The lowest BCUT2D eigenvalue weighted by molar-refractivity contribution is -0.242. The van der Waals surface area contributed by atoms with Crippen LogP contribution in [0, 0.1) is 5.41 Å². The van der Waals surface area contributed by atoms with Crippen LogP contribution >= 0.6 is 0 Å². The van der Waals surface area contributed by atoms with Crippen LogP contribution in [0.2, 0.25) is 18.1 Å². The number of hydrogen-bond acceptors (Lipinski definition) is 1. The predicted molar refractivity (Wildman–Crippen MR) is 87.4 cm³/mol. The van der Waals surface area contributed by atoms with E-state index < -0.39 is 26.0 Å². The van der Waals surface area contributed by atoms with Crippen LogP contribution in [0.4, 0.5) is 13.2 Å². The second-order valence-electron chi connectivity index (χ2n) is 8.19. The maximum atomic E-state index is 13.5. The van der Waals surface area contributed by atoms with E-state index in [-0.39, 0.29) is 30.4 Å². The van der Waals surface area contributed by atoms with Crippen LogP contribution < -0.4 is 0 Å². The van der Waals surface area contributed by atoms with Crippen molar-refractivity contribution in [3.63, 3.8) is 0 Å². The summed E-state index contributed by atoms with van der Waals surface area (Å²) < 4.78 is 46.9. The van der Waals surface area contributed by atoms with Gasteiger partial charge in [-0.1, -0.05) is 34.1 Å². The predicted octanol–water partition coefficient (Wildman–Crippen LogP) is 6.33. The molecule has 0 amide bonds. The van der Waals surface area contributed by atoms with E-state index in [1.165, 1.54) is 0 Å². The van der Waals surface area contributed by atoms with Crippen LogP contribution in [0.3, 0.4) is 0 Å². The number of nitrogens with one attached hydrogen (secondary N) is 1. The fraction of sp³-hybridized carbons (Fsp3) is 1.00. The van der Waals surface area contributed by atoms with Crippen LogP contribution in [0.15, 0.2) is 0 Å². The van der Waals surface area contributed by atoms with Crippen LogP contribution in [0.1, 0.15) is 59.8 Å². The third kappa shape index (κ3) is 3.87. The van der Waals surface area contributed by atoms with Crippen molar-refractivity contribution in [1.29, 1.82) is 0 Å². The summed E-state index contributed by atoms with van der Waals surface area (Å²) in [5.41, 5.74) is 6.07. The Bertz CT molecular complexity index is 369. The Morgan fingerprint density at radius 1 is 1.18 bits per heavy atom. The van der Waals surface area contributed by atoms with Crippen molar-refractivity contribution in [2.24, 2.45) is 5.41 Å². The normalized spacial score (nSPS) is 29.5. The second kappa shape index (κ2) is 6.44. The largest absolute Gasteiger partial charge is 0.674 e. The van der Waals surface area contributed by atoms with Crippen molar-refractivity contribution in [2.75, 3.05) is 0 Å². The molecule has 2 nitrogen and oxygen atoms in total. The minimum atomic E-state index is -4.29. The average molecular weight is 339 g/mol. The standard InChI is InChI=1S/C16H31F3NOSi/c1-7-13(20)15(16(17,18)19)10-8-12(9-11-15)21-22(5,6)14(2,3)4/h12-13,20H,7-11H2,1-6H3/q-1. The van der Waals surface area contributed by atoms with Gasteiger partial charge in [0.25, 0.3) is 0 Å². The molecule has 0 bridgehead atoms. The molecule has 1 atom stereocenters. The van der Waals surface area contributed by atoms with Gasteiger partial charge in [0.2, 0.25) is 0 Å². The highest BCUT2D eigenvalue weighted by atomic mass is 28.4. The first-order valence-electron chi connectivity index (χ1n) is 8.22. The van der Waals surface area contributed by atoms with Crippen molar-refractivity contribution >= 4 is 8.32 Å². The second-order valence-corrected chi connectivity index (χ2v) is 12.9. The van der Waals surface area contributed by atoms with E-state index in [1.54, 1.807) is 6.92 Å². The number of hydrogen-bond donors (Lipinski definition) is 0. The molecule has 0 aromatic rings. The fourth-order valence-electron chi connectivity index (χ4n) is 3.04. The van der Waals surface area contributed by atoms with E-state index >= 15 is 0 Å². The van der Waals surface area contributed by atoms with Crippen LogP contribution in [-0.2, 0) is 4.43 Å². The van der Waals surface area contributed by atoms with Gasteiger partial charge in [-0.2, -0.15) is 13.2 Å². The SMILES string of the molecule is CCC([NH-])C1(C(F)(F)F)CCC(O[Si](C)(C)C(C)(C)C)CC1. The summed E-state index contributed by atoms with van der Waals surface area (Å²) in [4.78, 5) is 0. The molecule has 0 aromatic heterocycles. The van der Waals surface area contributed by atoms with Crippen molar-refractivity contribution in [1.82, 2.24) is 0 Å². The molecule has 1 unspecified atom stereocenters. The van der Waals surface area contributed by atoms with Gasteiger partial charge in [-0.05, 0) is 43.8 Å². The first-order chi connectivity index (χ1) is 9.77. The van der Waals surface area contributed by atoms with Crippen molar-refractivity contribution in [3.05, 3.63) is 5.73 Å². The van der Waals surface area contributed by atoms with E-state index in [1.807, 2.05) is 0 Å². The Labute approximate surface area is 134 Å². The zero-order valence-electron chi connectivity index (χ0n) is 14.7. The molecule has 1 rings (SSSR count). The molecule has 22 heavy (non-hydrogen) atoms. The number of alkyl halides is 3. The van der Waals surface area contributed by atoms with Crippen molar-refractivity contribution in [2.45, 2.75) is 96.3 Å². The fourth-order valence-corrected chi connectivity index (χ4v) is 4.46. The zero-order valence-corrected chi connectivity index (χ0v) is 15.7. The molecule has 0 heterocycles. The van der Waals surface area contributed by atoms with E-state index in [0.717, 1.165) is 0 Å². The van der Waals surface area contributed by atoms with E-state index in [0.29, 0.717) is 12.8 Å². The van der Waals surface area contributed by atoms with Gasteiger partial charge in [-0.3, -0.25) is 0 Å². The van der Waals surface area contributed by atoms with Gasteiger partial charge in [-0.15, -0.1) is 6.04 Å².